The number of carbonyl (C=O) groups is 3. The highest BCUT2D eigenvalue weighted by molar-refractivity contribution is 6.10. The van der Waals surface area contributed by atoms with Gasteiger partial charge in [-0.25, -0.2) is 4.79 Å². The first-order chi connectivity index (χ1) is 11.9. The Morgan fingerprint density at radius 3 is 2.48 bits per heavy atom. The first kappa shape index (κ1) is 19.0. The van der Waals surface area contributed by atoms with Crippen LogP contribution in [0.5, 0.6) is 0 Å². The van der Waals surface area contributed by atoms with E-state index >= 15 is 0 Å². The van der Waals surface area contributed by atoms with Crippen molar-refractivity contribution in [3.05, 3.63) is 30.3 Å². The largest absolute Gasteiger partial charge is 0.325 e. The Hall–Kier alpha value is -2.37. The number of nitrogens with one attached hydrogen (secondary N) is 1. The number of para-hydroxylation sites is 1. The Balaban J connectivity index is 1.99. The lowest BCUT2D eigenvalue weighted by Gasteiger charge is -2.23. The van der Waals surface area contributed by atoms with Gasteiger partial charge >= 0.3 is 6.03 Å². The highest BCUT2D eigenvalue weighted by atomic mass is 16.2. The van der Waals surface area contributed by atoms with Crippen molar-refractivity contribution in [2.45, 2.75) is 51.5 Å². The van der Waals surface area contributed by atoms with Crippen molar-refractivity contribution in [2.75, 3.05) is 18.5 Å². The number of unbranched alkanes of at least 4 members (excludes halogenated alkanes) is 3. The molecule has 1 atom stereocenters. The summed E-state index contributed by atoms with van der Waals surface area (Å²) >= 11 is 0. The second kappa shape index (κ2) is 8.14. The van der Waals surface area contributed by atoms with E-state index in [9.17, 15) is 14.4 Å². The van der Waals surface area contributed by atoms with E-state index in [0.29, 0.717) is 6.42 Å². The predicted molar refractivity (Wildman–Crippen MR) is 97.3 cm³/mol. The normalized spacial score (nSPS) is 19.9. The lowest BCUT2D eigenvalue weighted by Crippen LogP contribution is -2.45. The van der Waals surface area contributed by atoms with E-state index in [0.717, 1.165) is 36.3 Å². The van der Waals surface area contributed by atoms with Gasteiger partial charge < -0.3 is 10.2 Å². The monoisotopic (exact) mass is 345 g/mol. The van der Waals surface area contributed by atoms with Crippen molar-refractivity contribution in [1.29, 1.82) is 0 Å². The van der Waals surface area contributed by atoms with Crippen LogP contribution in [0.1, 0.15) is 46.0 Å². The molecule has 1 unspecified atom stereocenters. The van der Waals surface area contributed by atoms with Gasteiger partial charge in [0.2, 0.25) is 5.91 Å². The van der Waals surface area contributed by atoms with E-state index in [2.05, 4.69) is 12.2 Å². The topological polar surface area (TPSA) is 69.7 Å². The Morgan fingerprint density at radius 2 is 1.84 bits per heavy atom. The molecule has 25 heavy (non-hydrogen) atoms. The minimum atomic E-state index is -0.906. The van der Waals surface area contributed by atoms with Gasteiger partial charge in [0.25, 0.3) is 5.91 Å². The molecule has 0 spiro atoms. The fourth-order valence-corrected chi connectivity index (χ4v) is 3.00. The zero-order valence-corrected chi connectivity index (χ0v) is 15.2. The zero-order chi connectivity index (χ0) is 18.4. The lowest BCUT2D eigenvalue weighted by atomic mass is 9.94. The van der Waals surface area contributed by atoms with Gasteiger partial charge in [-0.05, 0) is 25.5 Å². The number of benzene rings is 1. The smallest absolute Gasteiger partial charge is 0.323 e. The van der Waals surface area contributed by atoms with Crippen molar-refractivity contribution in [3.8, 4) is 0 Å². The molecule has 1 aliphatic rings. The third-order valence-corrected chi connectivity index (χ3v) is 4.69. The number of nitrogens with zero attached hydrogens (tertiary/aromatic N) is 2. The third-order valence-electron chi connectivity index (χ3n) is 4.69. The van der Waals surface area contributed by atoms with Crippen LogP contribution in [0.25, 0.3) is 0 Å². The van der Waals surface area contributed by atoms with Crippen LogP contribution >= 0.6 is 0 Å². The average molecular weight is 345 g/mol. The number of amides is 4. The average Bonchev–Trinajstić information content (AvgIpc) is 2.82. The molecule has 0 aromatic heterocycles. The van der Waals surface area contributed by atoms with Crippen molar-refractivity contribution < 1.29 is 14.4 Å². The molecule has 1 aromatic rings. The Labute approximate surface area is 149 Å². The number of rotatable bonds is 8. The number of hydrogen-bond donors (Lipinski definition) is 1. The quantitative estimate of drug-likeness (QED) is 0.582. The Bertz CT molecular complexity index is 632. The molecule has 6 nitrogen and oxygen atoms in total. The van der Waals surface area contributed by atoms with E-state index in [1.54, 1.807) is 14.0 Å². The van der Waals surface area contributed by atoms with Crippen LogP contribution < -0.4 is 10.2 Å². The summed E-state index contributed by atoms with van der Waals surface area (Å²) in [6.07, 6.45) is 4.73. The molecule has 0 aliphatic carbocycles. The molecular formula is C19H27N3O3. The highest BCUT2D eigenvalue weighted by Crippen LogP contribution is 2.24. The summed E-state index contributed by atoms with van der Waals surface area (Å²) in [6, 6.07) is 8.66. The highest BCUT2D eigenvalue weighted by Gasteiger charge is 2.47. The van der Waals surface area contributed by atoms with Crippen LogP contribution in [-0.4, -0.2) is 41.9 Å². The molecule has 1 heterocycles. The zero-order valence-electron chi connectivity index (χ0n) is 15.2. The van der Waals surface area contributed by atoms with Gasteiger partial charge in [-0.3, -0.25) is 14.5 Å². The molecule has 1 aromatic carbocycles. The number of imide groups is 1. The molecule has 1 aliphatic heterocycles. The summed E-state index contributed by atoms with van der Waals surface area (Å²) in [7, 11) is 1.64. The Morgan fingerprint density at radius 1 is 1.16 bits per heavy atom. The standard InChI is InChI=1S/C19H27N3O3/c1-4-5-6-10-13-19(2)17(24)22(18(25)20-19)14-16(23)21(3)15-11-8-7-9-12-15/h7-9,11-12H,4-6,10,13-14H2,1-3H3,(H,20,25). The SMILES string of the molecule is CCCCCCC1(C)NC(=O)N(CC(=O)N(C)c2ccccc2)C1=O. The molecule has 6 heteroatoms. The van der Waals surface area contributed by atoms with Crippen molar-refractivity contribution in [3.63, 3.8) is 0 Å². The van der Waals surface area contributed by atoms with Crippen molar-refractivity contribution >= 4 is 23.5 Å². The van der Waals surface area contributed by atoms with Crippen LogP contribution in [0.4, 0.5) is 10.5 Å². The predicted octanol–water partition coefficient (Wildman–Crippen LogP) is 2.93. The minimum Gasteiger partial charge on any atom is -0.323 e. The molecule has 2 rings (SSSR count). The van der Waals surface area contributed by atoms with Crippen LogP contribution in [0.15, 0.2) is 30.3 Å². The summed E-state index contributed by atoms with van der Waals surface area (Å²) in [5, 5.41) is 2.76. The molecule has 1 N–H and O–H groups in total. The molecule has 1 fully saturated rings. The maximum Gasteiger partial charge on any atom is 0.325 e. The summed E-state index contributed by atoms with van der Waals surface area (Å²) in [4.78, 5) is 39.8. The van der Waals surface area contributed by atoms with Gasteiger partial charge in [-0.15, -0.1) is 0 Å². The lowest BCUT2D eigenvalue weighted by molar-refractivity contribution is -0.134. The first-order valence-corrected chi connectivity index (χ1v) is 8.85. The summed E-state index contributed by atoms with van der Waals surface area (Å²) < 4.78 is 0. The molecular weight excluding hydrogens is 318 g/mol. The van der Waals surface area contributed by atoms with Crippen molar-refractivity contribution in [2.24, 2.45) is 0 Å². The first-order valence-electron chi connectivity index (χ1n) is 8.85. The van der Waals surface area contributed by atoms with Gasteiger partial charge in [0.1, 0.15) is 12.1 Å². The van der Waals surface area contributed by atoms with E-state index < -0.39 is 11.6 Å². The van der Waals surface area contributed by atoms with Crippen LogP contribution in [-0.2, 0) is 9.59 Å². The van der Waals surface area contributed by atoms with Crippen molar-refractivity contribution in [1.82, 2.24) is 10.2 Å². The second-order valence-corrected chi connectivity index (χ2v) is 6.75. The maximum absolute atomic E-state index is 12.7. The van der Waals surface area contributed by atoms with Crippen LogP contribution in [0.2, 0.25) is 0 Å². The van der Waals surface area contributed by atoms with Gasteiger partial charge in [0.05, 0.1) is 0 Å². The minimum absolute atomic E-state index is 0.249. The molecule has 1 saturated heterocycles. The van der Waals surface area contributed by atoms with E-state index in [1.807, 2.05) is 30.3 Å². The van der Waals surface area contributed by atoms with E-state index in [4.69, 9.17) is 0 Å². The third kappa shape index (κ3) is 4.38. The van der Waals surface area contributed by atoms with E-state index in [1.165, 1.54) is 4.90 Å². The molecule has 0 radical (unpaired) electrons. The van der Waals surface area contributed by atoms with Gasteiger partial charge in [-0.2, -0.15) is 0 Å². The molecule has 4 amide bonds. The molecule has 0 bridgehead atoms. The van der Waals surface area contributed by atoms with Gasteiger partial charge in [-0.1, -0.05) is 50.8 Å². The molecule has 0 saturated carbocycles. The Kier molecular flexibility index (Phi) is 6.17. The number of likely N-dealkylation sites (N-methyl/N-ethyl adjacent to an activating group) is 1. The fourth-order valence-electron chi connectivity index (χ4n) is 3.00. The number of urea groups is 1. The summed E-state index contributed by atoms with van der Waals surface area (Å²) in [6.45, 7) is 3.62. The second-order valence-electron chi connectivity index (χ2n) is 6.75. The van der Waals surface area contributed by atoms with Crippen LogP contribution in [0.3, 0.4) is 0 Å². The maximum atomic E-state index is 12.7. The van der Waals surface area contributed by atoms with Crippen LogP contribution in [0, 0.1) is 0 Å². The fraction of sp³-hybridized carbons (Fsp3) is 0.526. The summed E-state index contributed by atoms with van der Waals surface area (Å²) in [5.41, 5.74) is -0.182. The summed E-state index contributed by atoms with van der Waals surface area (Å²) in [5.74, 6) is -0.617. The number of carbonyl (C=O) groups excluding carboxylic acids is 3. The number of anilines is 1. The van der Waals surface area contributed by atoms with Gasteiger partial charge in [0, 0.05) is 12.7 Å². The molecule has 136 valence electrons. The number of hydrogen-bond acceptors (Lipinski definition) is 3. The van der Waals surface area contributed by atoms with E-state index in [-0.39, 0.29) is 18.4 Å². The van der Waals surface area contributed by atoms with Gasteiger partial charge in [0.15, 0.2) is 0 Å².